The van der Waals surface area contributed by atoms with E-state index in [9.17, 15) is 9.18 Å². The molecule has 0 N–H and O–H groups in total. The van der Waals surface area contributed by atoms with Crippen molar-refractivity contribution in [1.82, 2.24) is 0 Å². The Balaban J connectivity index is 1.63. The van der Waals surface area contributed by atoms with Crippen LogP contribution in [0.2, 0.25) is 5.02 Å². The lowest BCUT2D eigenvalue weighted by molar-refractivity contribution is 0.300. The molecular weight excluding hydrogens is 395 g/mol. The van der Waals surface area contributed by atoms with E-state index in [0.717, 1.165) is 5.56 Å². The number of fused-ring (bicyclic) bond motifs is 1. The predicted molar refractivity (Wildman–Crippen MR) is 110 cm³/mol. The summed E-state index contributed by atoms with van der Waals surface area (Å²) in [6.45, 7) is -0.0493. The average Bonchev–Trinajstić information content (AvgIpc) is 2.73. The van der Waals surface area contributed by atoms with Crippen LogP contribution in [0, 0.1) is 5.82 Å². The molecule has 6 heteroatoms. The molecule has 0 fully saturated rings. The fraction of sp³-hybridized carbons (Fsp3) is 0.0870. The van der Waals surface area contributed by atoms with Crippen LogP contribution >= 0.6 is 11.6 Å². The van der Waals surface area contributed by atoms with Gasteiger partial charge < -0.3 is 13.9 Å². The van der Waals surface area contributed by atoms with Gasteiger partial charge in [0.1, 0.15) is 35.3 Å². The molecular formula is C23H16ClFO4. The van der Waals surface area contributed by atoms with E-state index in [1.54, 1.807) is 43.5 Å². The Labute approximate surface area is 171 Å². The van der Waals surface area contributed by atoms with E-state index in [4.69, 9.17) is 25.5 Å². The molecule has 1 aromatic heterocycles. The second-order valence-electron chi connectivity index (χ2n) is 6.35. The van der Waals surface area contributed by atoms with Crippen LogP contribution in [0.5, 0.6) is 11.5 Å². The monoisotopic (exact) mass is 410 g/mol. The van der Waals surface area contributed by atoms with Crippen LogP contribution in [-0.4, -0.2) is 7.11 Å². The Hall–Kier alpha value is -3.31. The van der Waals surface area contributed by atoms with Crippen LogP contribution in [-0.2, 0) is 6.61 Å². The van der Waals surface area contributed by atoms with Gasteiger partial charge >= 0.3 is 0 Å². The molecule has 1 heterocycles. The third-order valence-corrected chi connectivity index (χ3v) is 4.87. The SMILES string of the molecule is COc1ccc(-c2cc(=O)c3cc(OCc4c(F)cccc4Cl)ccc3o2)cc1. The molecule has 0 saturated heterocycles. The molecule has 4 aromatic rings. The Bertz CT molecular complexity index is 1210. The molecule has 4 nitrogen and oxygen atoms in total. The minimum Gasteiger partial charge on any atom is -0.497 e. The molecule has 0 saturated carbocycles. The molecule has 3 aromatic carbocycles. The largest absolute Gasteiger partial charge is 0.497 e. The highest BCUT2D eigenvalue weighted by atomic mass is 35.5. The summed E-state index contributed by atoms with van der Waals surface area (Å²) in [5.41, 5.74) is 1.25. The molecule has 0 amide bonds. The zero-order chi connectivity index (χ0) is 20.4. The number of ether oxygens (including phenoxy) is 2. The third-order valence-electron chi connectivity index (χ3n) is 4.52. The summed E-state index contributed by atoms with van der Waals surface area (Å²) in [4.78, 5) is 12.6. The maximum absolute atomic E-state index is 13.9. The second kappa shape index (κ2) is 7.97. The number of hydrogen-bond acceptors (Lipinski definition) is 4. The lowest BCUT2D eigenvalue weighted by Gasteiger charge is -2.10. The van der Waals surface area contributed by atoms with Crippen molar-refractivity contribution in [2.75, 3.05) is 7.11 Å². The van der Waals surface area contributed by atoms with Crippen LogP contribution in [0.4, 0.5) is 4.39 Å². The number of rotatable bonds is 5. The van der Waals surface area contributed by atoms with Crippen molar-refractivity contribution in [2.45, 2.75) is 6.61 Å². The molecule has 4 rings (SSSR count). The van der Waals surface area contributed by atoms with Gasteiger partial charge in [0.2, 0.25) is 0 Å². The Morgan fingerprint density at radius 2 is 1.76 bits per heavy atom. The quantitative estimate of drug-likeness (QED) is 0.414. The highest BCUT2D eigenvalue weighted by Crippen LogP contribution is 2.27. The summed E-state index contributed by atoms with van der Waals surface area (Å²) in [6, 6.07) is 18.0. The van der Waals surface area contributed by atoms with Crippen LogP contribution in [0.25, 0.3) is 22.3 Å². The lowest BCUT2D eigenvalue weighted by Crippen LogP contribution is -2.03. The average molecular weight is 411 g/mol. The number of methoxy groups -OCH3 is 1. The molecule has 0 aliphatic rings. The molecule has 0 bridgehead atoms. The summed E-state index contributed by atoms with van der Waals surface area (Å²) in [7, 11) is 1.59. The van der Waals surface area contributed by atoms with Crippen LogP contribution in [0.15, 0.2) is 75.9 Å². The molecule has 29 heavy (non-hydrogen) atoms. The fourth-order valence-electron chi connectivity index (χ4n) is 2.95. The zero-order valence-corrected chi connectivity index (χ0v) is 16.2. The van der Waals surface area contributed by atoms with Gasteiger partial charge in [-0.1, -0.05) is 17.7 Å². The van der Waals surface area contributed by atoms with Crippen molar-refractivity contribution in [2.24, 2.45) is 0 Å². The Morgan fingerprint density at radius 3 is 2.48 bits per heavy atom. The van der Waals surface area contributed by atoms with Crippen LogP contribution in [0.3, 0.4) is 0 Å². The first-order valence-electron chi connectivity index (χ1n) is 8.83. The van der Waals surface area contributed by atoms with E-state index in [-0.39, 0.29) is 22.6 Å². The molecule has 0 atom stereocenters. The van der Waals surface area contributed by atoms with Gasteiger partial charge in [0, 0.05) is 17.2 Å². The molecule has 0 aliphatic carbocycles. The number of benzene rings is 3. The highest BCUT2D eigenvalue weighted by Gasteiger charge is 2.11. The normalized spacial score (nSPS) is 10.9. The van der Waals surface area contributed by atoms with Gasteiger partial charge in [-0.15, -0.1) is 0 Å². The van der Waals surface area contributed by atoms with Gasteiger partial charge in [0.05, 0.1) is 17.5 Å². The molecule has 0 unspecified atom stereocenters. The molecule has 0 spiro atoms. The van der Waals surface area contributed by atoms with Crippen molar-refractivity contribution in [1.29, 1.82) is 0 Å². The zero-order valence-electron chi connectivity index (χ0n) is 15.4. The van der Waals surface area contributed by atoms with Crippen LogP contribution in [0.1, 0.15) is 5.56 Å². The van der Waals surface area contributed by atoms with Crippen molar-refractivity contribution in [3.05, 3.63) is 93.4 Å². The first-order valence-corrected chi connectivity index (χ1v) is 9.21. The molecule has 146 valence electrons. The highest BCUT2D eigenvalue weighted by molar-refractivity contribution is 6.31. The van der Waals surface area contributed by atoms with E-state index in [1.807, 2.05) is 12.1 Å². The summed E-state index contributed by atoms with van der Waals surface area (Å²) in [5, 5.41) is 0.661. The number of halogens is 2. The van der Waals surface area contributed by atoms with Gasteiger partial charge in [0.25, 0.3) is 0 Å². The van der Waals surface area contributed by atoms with Gasteiger partial charge in [-0.25, -0.2) is 4.39 Å². The minimum atomic E-state index is -0.443. The lowest BCUT2D eigenvalue weighted by atomic mass is 10.1. The summed E-state index contributed by atoms with van der Waals surface area (Å²) >= 11 is 6.02. The minimum absolute atomic E-state index is 0.0493. The van der Waals surface area contributed by atoms with Gasteiger partial charge in [0.15, 0.2) is 5.43 Å². The Kier molecular flexibility index (Phi) is 5.23. The first-order chi connectivity index (χ1) is 14.0. The standard InChI is InChI=1S/C23H16ClFO4/c1-27-15-7-5-14(6-8-15)23-12-21(26)17-11-16(9-10-22(17)29-23)28-13-18-19(24)3-2-4-20(18)25/h2-12H,13H2,1H3. The van der Waals surface area contributed by atoms with Gasteiger partial charge in [-0.3, -0.25) is 4.79 Å². The Morgan fingerprint density at radius 1 is 1.00 bits per heavy atom. The maximum Gasteiger partial charge on any atom is 0.193 e. The third kappa shape index (κ3) is 3.96. The maximum atomic E-state index is 13.9. The van der Waals surface area contributed by atoms with E-state index >= 15 is 0 Å². The van der Waals surface area contributed by atoms with Gasteiger partial charge in [-0.2, -0.15) is 0 Å². The summed E-state index contributed by atoms with van der Waals surface area (Å²) in [5.74, 6) is 1.15. The van der Waals surface area contributed by atoms with E-state index in [0.29, 0.717) is 28.2 Å². The van der Waals surface area contributed by atoms with E-state index < -0.39 is 5.82 Å². The fourth-order valence-corrected chi connectivity index (χ4v) is 3.17. The van der Waals surface area contributed by atoms with E-state index in [2.05, 4.69) is 0 Å². The smallest absolute Gasteiger partial charge is 0.193 e. The topological polar surface area (TPSA) is 48.7 Å². The van der Waals surface area contributed by atoms with Crippen LogP contribution < -0.4 is 14.9 Å². The van der Waals surface area contributed by atoms with Crippen molar-refractivity contribution in [3.8, 4) is 22.8 Å². The predicted octanol–water partition coefficient (Wildman–Crippen LogP) is 5.84. The molecule has 0 radical (unpaired) electrons. The summed E-state index contributed by atoms with van der Waals surface area (Å²) in [6.07, 6.45) is 0. The van der Waals surface area contributed by atoms with Gasteiger partial charge in [-0.05, 0) is 54.6 Å². The van der Waals surface area contributed by atoms with Crippen molar-refractivity contribution >= 4 is 22.6 Å². The molecule has 0 aliphatic heterocycles. The number of hydrogen-bond donors (Lipinski definition) is 0. The second-order valence-corrected chi connectivity index (χ2v) is 6.76. The first kappa shape index (κ1) is 19.0. The van der Waals surface area contributed by atoms with Crippen molar-refractivity contribution < 1.29 is 18.3 Å². The van der Waals surface area contributed by atoms with E-state index in [1.165, 1.54) is 18.2 Å². The summed E-state index contributed by atoms with van der Waals surface area (Å²) < 4.78 is 30.5. The van der Waals surface area contributed by atoms with Crippen molar-refractivity contribution in [3.63, 3.8) is 0 Å².